The average molecular weight is 383 g/mol. The Balaban J connectivity index is 1.71. The van der Waals surface area contributed by atoms with Gasteiger partial charge in [0.1, 0.15) is 0 Å². The Morgan fingerprint density at radius 3 is 2.00 bits per heavy atom. The van der Waals surface area contributed by atoms with Crippen LogP contribution in [-0.2, 0) is 0 Å². The summed E-state index contributed by atoms with van der Waals surface area (Å²) >= 11 is 0. The number of allylic oxidation sites excluding steroid dienone is 6. The lowest BCUT2D eigenvalue weighted by molar-refractivity contribution is 1.21. The van der Waals surface area contributed by atoms with Crippen LogP contribution < -0.4 is 10.7 Å². The minimum absolute atomic E-state index is 1.00. The molecule has 4 nitrogen and oxygen atoms in total. The van der Waals surface area contributed by atoms with E-state index in [0.717, 1.165) is 50.3 Å². The molecule has 0 spiro atoms. The molecule has 146 valence electrons. The lowest BCUT2D eigenvalue weighted by atomic mass is 10.2. The van der Waals surface area contributed by atoms with Crippen molar-refractivity contribution in [2.45, 2.75) is 34.6 Å². The molecule has 0 saturated carbocycles. The van der Waals surface area contributed by atoms with E-state index in [2.05, 4.69) is 86.0 Å². The van der Waals surface area contributed by atoms with Gasteiger partial charge in [-0.3, -0.25) is 4.99 Å². The highest BCUT2D eigenvalue weighted by Gasteiger charge is 2.10. The second kappa shape index (κ2) is 7.55. The van der Waals surface area contributed by atoms with Crippen LogP contribution in [0.15, 0.2) is 75.5 Å². The Bertz CT molecular complexity index is 1260. The van der Waals surface area contributed by atoms with Crippen LogP contribution in [0, 0.1) is 0 Å². The summed E-state index contributed by atoms with van der Waals surface area (Å²) in [5.41, 5.74) is 9.96. The number of nitrogens with zero attached hydrogens (tertiary/aromatic N) is 2. The molecule has 0 atom stereocenters. The molecule has 4 heterocycles. The van der Waals surface area contributed by atoms with Gasteiger partial charge in [0.25, 0.3) is 0 Å². The van der Waals surface area contributed by atoms with E-state index >= 15 is 0 Å². The van der Waals surface area contributed by atoms with E-state index in [9.17, 15) is 0 Å². The SMILES string of the molecule is CC(C)=C1C=CC(C(C)=c2ccc(=C(C)c3ccc(C(C)=C4C=CC=N4)[nH]3)[nH]2)=N1. The fourth-order valence-corrected chi connectivity index (χ4v) is 3.46. The predicted molar refractivity (Wildman–Crippen MR) is 123 cm³/mol. The van der Waals surface area contributed by atoms with E-state index < -0.39 is 0 Å². The first-order valence-electron chi connectivity index (χ1n) is 9.87. The Hall–Kier alpha value is -3.40. The maximum Gasteiger partial charge on any atom is 0.0687 e. The minimum atomic E-state index is 1.00. The monoisotopic (exact) mass is 382 g/mol. The normalized spacial score (nSPS) is 19.1. The largest absolute Gasteiger partial charge is 0.355 e. The molecule has 2 aromatic heterocycles. The third-order valence-electron chi connectivity index (χ3n) is 5.46. The molecule has 29 heavy (non-hydrogen) atoms. The number of aromatic amines is 2. The van der Waals surface area contributed by atoms with Crippen molar-refractivity contribution in [2.24, 2.45) is 9.98 Å². The first-order chi connectivity index (χ1) is 13.9. The summed E-state index contributed by atoms with van der Waals surface area (Å²) in [4.78, 5) is 16.2. The third kappa shape index (κ3) is 3.66. The van der Waals surface area contributed by atoms with Gasteiger partial charge in [-0.25, -0.2) is 4.99 Å². The molecule has 2 N–H and O–H groups in total. The summed E-state index contributed by atoms with van der Waals surface area (Å²) in [5.74, 6) is 0. The zero-order valence-corrected chi connectivity index (χ0v) is 17.6. The maximum atomic E-state index is 4.73. The van der Waals surface area contributed by atoms with Crippen molar-refractivity contribution >= 4 is 28.6 Å². The van der Waals surface area contributed by atoms with Crippen molar-refractivity contribution in [2.75, 3.05) is 0 Å². The molecule has 4 heteroatoms. The van der Waals surface area contributed by atoms with Crippen molar-refractivity contribution in [3.05, 3.63) is 87.6 Å². The van der Waals surface area contributed by atoms with Gasteiger partial charge in [-0.15, -0.1) is 0 Å². The molecule has 0 aliphatic carbocycles. The molecule has 0 aromatic carbocycles. The topological polar surface area (TPSA) is 56.3 Å². The minimum Gasteiger partial charge on any atom is -0.355 e. The van der Waals surface area contributed by atoms with Gasteiger partial charge in [-0.1, -0.05) is 5.57 Å². The van der Waals surface area contributed by atoms with Crippen molar-refractivity contribution in [3.8, 4) is 0 Å². The molecular formula is C25H26N4. The Morgan fingerprint density at radius 1 is 0.690 bits per heavy atom. The van der Waals surface area contributed by atoms with Gasteiger partial charge < -0.3 is 9.97 Å². The van der Waals surface area contributed by atoms with Gasteiger partial charge in [0.15, 0.2) is 0 Å². The maximum absolute atomic E-state index is 4.73. The Labute approximate surface area is 171 Å². The van der Waals surface area contributed by atoms with Crippen LogP contribution in [-0.4, -0.2) is 21.9 Å². The van der Waals surface area contributed by atoms with Crippen LogP contribution in [0.4, 0.5) is 0 Å². The molecule has 2 aliphatic rings. The van der Waals surface area contributed by atoms with E-state index in [1.807, 2.05) is 18.4 Å². The van der Waals surface area contributed by atoms with E-state index in [4.69, 9.17) is 4.99 Å². The van der Waals surface area contributed by atoms with Crippen LogP contribution >= 0.6 is 0 Å². The highest BCUT2D eigenvalue weighted by Crippen LogP contribution is 2.22. The van der Waals surface area contributed by atoms with Crippen molar-refractivity contribution in [1.82, 2.24) is 9.97 Å². The van der Waals surface area contributed by atoms with Crippen LogP contribution in [0.25, 0.3) is 16.7 Å². The number of nitrogens with one attached hydrogen (secondary N) is 2. The third-order valence-corrected chi connectivity index (χ3v) is 5.46. The molecular weight excluding hydrogens is 356 g/mol. The molecule has 0 radical (unpaired) electrons. The molecule has 0 unspecified atom stereocenters. The fraction of sp³-hybridized carbons (Fsp3) is 0.200. The van der Waals surface area contributed by atoms with Crippen LogP contribution in [0.1, 0.15) is 46.0 Å². The molecule has 2 aromatic rings. The molecule has 0 saturated heterocycles. The highest BCUT2D eigenvalue weighted by atomic mass is 14.8. The van der Waals surface area contributed by atoms with Crippen molar-refractivity contribution in [1.29, 1.82) is 0 Å². The smallest absolute Gasteiger partial charge is 0.0687 e. The lowest BCUT2D eigenvalue weighted by Gasteiger charge is -2.01. The molecule has 0 bridgehead atoms. The summed E-state index contributed by atoms with van der Waals surface area (Å²) in [6, 6.07) is 8.49. The van der Waals surface area contributed by atoms with E-state index in [-0.39, 0.29) is 0 Å². The number of aromatic nitrogens is 2. The molecule has 0 fully saturated rings. The summed E-state index contributed by atoms with van der Waals surface area (Å²) in [7, 11) is 0. The zero-order chi connectivity index (χ0) is 20.5. The van der Waals surface area contributed by atoms with Crippen LogP contribution in [0.3, 0.4) is 0 Å². The van der Waals surface area contributed by atoms with Gasteiger partial charge >= 0.3 is 0 Å². The predicted octanol–water partition coefficient (Wildman–Crippen LogP) is 4.41. The standard InChI is InChI=1S/C25H26N4/c1-15(2)19-8-9-22(27-19)17(4)23-12-13-25(29-23)18(5)24-11-10-21(28-24)16(3)20-7-6-14-26-20/h6-14,28-29H,1-5H3. The number of hydrogen-bond donors (Lipinski definition) is 2. The average Bonchev–Trinajstić information content (AvgIpc) is 3.51. The van der Waals surface area contributed by atoms with Crippen LogP contribution in [0.2, 0.25) is 0 Å². The van der Waals surface area contributed by atoms with Crippen molar-refractivity contribution < 1.29 is 0 Å². The number of rotatable bonds is 3. The van der Waals surface area contributed by atoms with Crippen LogP contribution in [0.5, 0.6) is 0 Å². The molecule has 2 aliphatic heterocycles. The van der Waals surface area contributed by atoms with Gasteiger partial charge in [0.2, 0.25) is 0 Å². The fourth-order valence-electron chi connectivity index (χ4n) is 3.46. The summed E-state index contributed by atoms with van der Waals surface area (Å²) in [6.45, 7) is 10.5. The summed E-state index contributed by atoms with van der Waals surface area (Å²) < 4.78 is 0. The first kappa shape index (κ1) is 18.9. The zero-order valence-electron chi connectivity index (χ0n) is 17.6. The van der Waals surface area contributed by atoms with E-state index in [0.29, 0.717) is 0 Å². The first-order valence-corrected chi connectivity index (χ1v) is 9.87. The van der Waals surface area contributed by atoms with Gasteiger partial charge in [0, 0.05) is 28.3 Å². The second-order valence-electron chi connectivity index (χ2n) is 7.68. The molecule has 4 rings (SSSR count). The number of H-pyrrole nitrogens is 2. The Kier molecular flexibility index (Phi) is 4.93. The Morgan fingerprint density at radius 2 is 1.38 bits per heavy atom. The second-order valence-corrected chi connectivity index (χ2v) is 7.68. The number of hydrogen-bond acceptors (Lipinski definition) is 2. The van der Waals surface area contributed by atoms with E-state index in [1.54, 1.807) is 0 Å². The number of aliphatic imine (C=N–C) groups is 2. The summed E-state index contributed by atoms with van der Waals surface area (Å²) in [6.07, 6.45) is 9.98. The van der Waals surface area contributed by atoms with E-state index in [1.165, 1.54) is 11.1 Å². The van der Waals surface area contributed by atoms with Gasteiger partial charge in [-0.2, -0.15) is 0 Å². The highest BCUT2D eigenvalue weighted by molar-refractivity contribution is 6.25. The lowest BCUT2D eigenvalue weighted by Crippen LogP contribution is -2.16. The van der Waals surface area contributed by atoms with Crippen molar-refractivity contribution in [3.63, 3.8) is 0 Å². The summed E-state index contributed by atoms with van der Waals surface area (Å²) in [5, 5.41) is 2.19. The van der Waals surface area contributed by atoms with Gasteiger partial charge in [-0.05, 0) is 99.9 Å². The van der Waals surface area contributed by atoms with Gasteiger partial charge in [0.05, 0.1) is 17.1 Å². The quantitative estimate of drug-likeness (QED) is 0.790. The molecule has 0 amide bonds.